The van der Waals surface area contributed by atoms with Crippen LogP contribution in [0, 0.1) is 0 Å². The van der Waals surface area contributed by atoms with Gasteiger partial charge in [-0.25, -0.2) is 5.01 Å². The van der Waals surface area contributed by atoms with Gasteiger partial charge in [-0.05, 0) is 53.7 Å². The van der Waals surface area contributed by atoms with Crippen molar-refractivity contribution in [1.29, 1.82) is 0 Å². The first-order valence-corrected chi connectivity index (χ1v) is 8.88. The highest BCUT2D eigenvalue weighted by Gasteiger charge is 2.32. The molecule has 2 aromatic rings. The van der Waals surface area contributed by atoms with Crippen molar-refractivity contribution in [2.75, 3.05) is 14.2 Å². The summed E-state index contributed by atoms with van der Waals surface area (Å²) in [6.07, 6.45) is 0.675. The van der Waals surface area contributed by atoms with Crippen LogP contribution < -0.4 is 10.1 Å². The van der Waals surface area contributed by atoms with E-state index in [9.17, 15) is 0 Å². The van der Waals surface area contributed by atoms with E-state index in [1.807, 2.05) is 36.4 Å². The van der Waals surface area contributed by atoms with Gasteiger partial charge in [0.25, 0.3) is 0 Å². The van der Waals surface area contributed by atoms with Crippen LogP contribution in [-0.2, 0) is 0 Å². The van der Waals surface area contributed by atoms with Crippen LogP contribution in [0.15, 0.2) is 47.6 Å². The molecule has 1 N–H and O–H groups in total. The standard InChI is InChI=1S/C18H17Cl2N3OS/c1-21-18(25)23-16(13-4-3-5-14(19)17(13)20)10-15(22-23)11-6-8-12(24-2)9-7-11/h3-9,16H,10H2,1-2H3,(H,21,25)/t16-/m1/s1. The van der Waals surface area contributed by atoms with Gasteiger partial charge in [-0.3, -0.25) is 0 Å². The number of ether oxygens (including phenoxy) is 1. The van der Waals surface area contributed by atoms with Gasteiger partial charge in [0.05, 0.1) is 28.9 Å². The third kappa shape index (κ3) is 3.59. The molecule has 3 rings (SSSR count). The number of halogens is 2. The predicted octanol–water partition coefficient (Wildman–Crippen LogP) is 4.66. The van der Waals surface area contributed by atoms with Crippen molar-refractivity contribution in [3.05, 3.63) is 63.6 Å². The molecule has 0 saturated carbocycles. The number of hydrogen-bond acceptors (Lipinski definition) is 3. The fourth-order valence-electron chi connectivity index (χ4n) is 2.79. The van der Waals surface area contributed by atoms with Gasteiger partial charge in [0.15, 0.2) is 5.11 Å². The van der Waals surface area contributed by atoms with Crippen LogP contribution in [0.2, 0.25) is 10.0 Å². The molecule has 1 heterocycles. The van der Waals surface area contributed by atoms with Crippen LogP contribution in [0.25, 0.3) is 0 Å². The van der Waals surface area contributed by atoms with E-state index < -0.39 is 0 Å². The van der Waals surface area contributed by atoms with E-state index in [4.69, 9.17) is 45.3 Å². The number of nitrogens with one attached hydrogen (secondary N) is 1. The third-order valence-corrected chi connectivity index (χ3v) is 5.32. The summed E-state index contributed by atoms with van der Waals surface area (Å²) in [5.74, 6) is 0.805. The van der Waals surface area contributed by atoms with Gasteiger partial charge in [0.1, 0.15) is 5.75 Å². The number of thiocarbonyl (C=S) groups is 1. The van der Waals surface area contributed by atoms with Crippen LogP contribution in [0.4, 0.5) is 0 Å². The first-order chi connectivity index (χ1) is 12.0. The minimum atomic E-state index is -0.108. The monoisotopic (exact) mass is 393 g/mol. The summed E-state index contributed by atoms with van der Waals surface area (Å²) < 4.78 is 5.21. The molecule has 1 aliphatic rings. The van der Waals surface area contributed by atoms with Gasteiger partial charge in [0, 0.05) is 13.5 Å². The minimum absolute atomic E-state index is 0.108. The molecule has 4 nitrogen and oxygen atoms in total. The molecule has 0 saturated heterocycles. The zero-order chi connectivity index (χ0) is 18.0. The van der Waals surface area contributed by atoms with Crippen LogP contribution in [0.1, 0.15) is 23.6 Å². The zero-order valence-electron chi connectivity index (χ0n) is 13.8. The summed E-state index contributed by atoms with van der Waals surface area (Å²) in [7, 11) is 3.42. The molecule has 0 bridgehead atoms. The van der Waals surface area contributed by atoms with Gasteiger partial charge >= 0.3 is 0 Å². The fraction of sp³-hybridized carbons (Fsp3) is 0.222. The Labute approximate surface area is 162 Å². The van der Waals surface area contributed by atoms with E-state index in [0.717, 1.165) is 22.6 Å². The molecular formula is C18H17Cl2N3OS. The maximum Gasteiger partial charge on any atom is 0.189 e. The Morgan fingerprint density at radius 2 is 1.96 bits per heavy atom. The topological polar surface area (TPSA) is 36.9 Å². The molecule has 7 heteroatoms. The molecule has 130 valence electrons. The fourth-order valence-corrected chi connectivity index (χ4v) is 3.39. The van der Waals surface area contributed by atoms with Crippen molar-refractivity contribution < 1.29 is 4.74 Å². The highest BCUT2D eigenvalue weighted by Crippen LogP contribution is 2.38. The molecule has 0 aromatic heterocycles. The van der Waals surface area contributed by atoms with Crippen LogP contribution in [0.3, 0.4) is 0 Å². The molecule has 2 aromatic carbocycles. The smallest absolute Gasteiger partial charge is 0.189 e. The van der Waals surface area contributed by atoms with Crippen molar-refractivity contribution in [1.82, 2.24) is 10.3 Å². The third-order valence-electron chi connectivity index (χ3n) is 4.10. The second-order valence-electron chi connectivity index (χ2n) is 5.54. The van der Waals surface area contributed by atoms with E-state index in [-0.39, 0.29) is 6.04 Å². The maximum atomic E-state index is 6.43. The average Bonchev–Trinajstić information content (AvgIpc) is 3.08. The number of hydrogen-bond donors (Lipinski definition) is 1. The summed E-state index contributed by atoms with van der Waals surface area (Å²) in [4.78, 5) is 0. The highest BCUT2D eigenvalue weighted by molar-refractivity contribution is 7.80. The SMILES string of the molecule is CNC(=S)N1N=C(c2ccc(OC)cc2)C[C@@H]1c1cccc(Cl)c1Cl. The molecular weight excluding hydrogens is 377 g/mol. The lowest BCUT2D eigenvalue weighted by Crippen LogP contribution is -2.34. The van der Waals surface area contributed by atoms with Gasteiger partial charge in [-0.15, -0.1) is 0 Å². The lowest BCUT2D eigenvalue weighted by atomic mass is 9.98. The summed E-state index contributed by atoms with van der Waals surface area (Å²) in [5.41, 5.74) is 2.85. The largest absolute Gasteiger partial charge is 0.497 e. The number of rotatable bonds is 3. The summed E-state index contributed by atoms with van der Waals surface area (Å²) >= 11 is 18.0. The molecule has 0 spiro atoms. The van der Waals surface area contributed by atoms with E-state index in [0.29, 0.717) is 21.6 Å². The Kier molecular flexibility index (Phi) is 5.47. The molecule has 0 aliphatic carbocycles. The van der Waals surface area contributed by atoms with Crippen molar-refractivity contribution in [3.63, 3.8) is 0 Å². The Morgan fingerprint density at radius 1 is 1.24 bits per heavy atom. The van der Waals surface area contributed by atoms with E-state index in [1.165, 1.54) is 0 Å². The first-order valence-electron chi connectivity index (χ1n) is 7.72. The van der Waals surface area contributed by atoms with Crippen molar-refractivity contribution in [2.24, 2.45) is 5.10 Å². The van der Waals surface area contributed by atoms with Gasteiger partial charge < -0.3 is 10.1 Å². The molecule has 1 atom stereocenters. The van der Waals surface area contributed by atoms with E-state index in [2.05, 4.69) is 5.32 Å². The molecule has 0 fully saturated rings. The van der Waals surface area contributed by atoms with Crippen molar-refractivity contribution in [2.45, 2.75) is 12.5 Å². The number of hydrazone groups is 1. The van der Waals surface area contributed by atoms with Crippen LogP contribution in [0.5, 0.6) is 5.75 Å². The second kappa shape index (κ2) is 7.60. The van der Waals surface area contributed by atoms with E-state index >= 15 is 0 Å². The van der Waals surface area contributed by atoms with Crippen LogP contribution >= 0.6 is 35.4 Å². The Hall–Kier alpha value is -1.82. The number of methoxy groups -OCH3 is 1. The normalized spacial score (nSPS) is 16.6. The summed E-state index contributed by atoms with van der Waals surface area (Å²) in [6.45, 7) is 0. The van der Waals surface area contributed by atoms with Crippen LogP contribution in [-0.4, -0.2) is 30.0 Å². The zero-order valence-corrected chi connectivity index (χ0v) is 16.1. The minimum Gasteiger partial charge on any atom is -0.497 e. The predicted molar refractivity (Wildman–Crippen MR) is 107 cm³/mol. The molecule has 0 unspecified atom stereocenters. The van der Waals surface area contributed by atoms with Crippen molar-refractivity contribution >= 4 is 46.2 Å². The Balaban J connectivity index is 1.97. The number of benzene rings is 2. The first kappa shape index (κ1) is 18.0. The number of nitrogens with zero attached hydrogens (tertiary/aromatic N) is 2. The maximum absolute atomic E-state index is 6.43. The van der Waals surface area contributed by atoms with Gasteiger partial charge in [-0.1, -0.05) is 35.3 Å². The average molecular weight is 394 g/mol. The summed E-state index contributed by atoms with van der Waals surface area (Å²) in [5, 5.41) is 11.1. The summed E-state index contributed by atoms with van der Waals surface area (Å²) in [6, 6.07) is 13.3. The molecule has 0 radical (unpaired) electrons. The van der Waals surface area contributed by atoms with Gasteiger partial charge in [-0.2, -0.15) is 5.10 Å². The molecule has 0 amide bonds. The Morgan fingerprint density at radius 3 is 2.60 bits per heavy atom. The lowest BCUT2D eigenvalue weighted by Gasteiger charge is -2.24. The quantitative estimate of drug-likeness (QED) is 0.769. The highest BCUT2D eigenvalue weighted by atomic mass is 35.5. The van der Waals surface area contributed by atoms with Crippen molar-refractivity contribution in [3.8, 4) is 5.75 Å². The Bertz CT molecular complexity index is 824. The van der Waals surface area contributed by atoms with E-state index in [1.54, 1.807) is 25.2 Å². The molecule has 25 heavy (non-hydrogen) atoms. The molecule has 1 aliphatic heterocycles. The van der Waals surface area contributed by atoms with Gasteiger partial charge in [0.2, 0.25) is 0 Å². The second-order valence-corrected chi connectivity index (χ2v) is 6.71. The lowest BCUT2D eigenvalue weighted by molar-refractivity contribution is 0.367.